The molecule has 92 valence electrons. The second-order valence-corrected chi connectivity index (χ2v) is 6.12. The van der Waals surface area contributed by atoms with Crippen LogP contribution in [0.15, 0.2) is 11.2 Å². The second-order valence-electron chi connectivity index (χ2n) is 4.19. The molecule has 0 aromatic carbocycles. The molecule has 16 heavy (non-hydrogen) atoms. The zero-order valence-electron chi connectivity index (χ0n) is 9.76. The van der Waals surface area contributed by atoms with Gasteiger partial charge in [0.05, 0.1) is 25.5 Å². The summed E-state index contributed by atoms with van der Waals surface area (Å²) in [5.41, 5.74) is -0.670. The lowest BCUT2D eigenvalue weighted by atomic mass is 10.1. The summed E-state index contributed by atoms with van der Waals surface area (Å²) in [6.45, 7) is 3.33. The third-order valence-corrected chi connectivity index (χ3v) is 3.21. The molecule has 0 spiro atoms. The summed E-state index contributed by atoms with van der Waals surface area (Å²) >= 11 is 0. The highest BCUT2D eigenvalue weighted by Crippen LogP contribution is 2.25. The molecule has 0 fully saturated rings. The van der Waals surface area contributed by atoms with E-state index in [0.29, 0.717) is 0 Å². The maximum absolute atomic E-state index is 11.4. The lowest BCUT2D eigenvalue weighted by molar-refractivity contribution is 0.150. The molecule has 1 aromatic rings. The Labute approximate surface area is 94.8 Å². The van der Waals surface area contributed by atoms with E-state index in [9.17, 15) is 13.5 Å². The fourth-order valence-corrected chi connectivity index (χ4v) is 1.86. The van der Waals surface area contributed by atoms with Gasteiger partial charge in [-0.3, -0.25) is 4.68 Å². The van der Waals surface area contributed by atoms with Crippen molar-refractivity contribution in [2.75, 3.05) is 20.0 Å². The van der Waals surface area contributed by atoms with Crippen molar-refractivity contribution in [1.82, 2.24) is 9.78 Å². The number of aromatic nitrogens is 2. The van der Waals surface area contributed by atoms with Crippen LogP contribution in [0.25, 0.3) is 0 Å². The van der Waals surface area contributed by atoms with Crippen LogP contribution < -0.4 is 4.74 Å². The maximum atomic E-state index is 11.4. The van der Waals surface area contributed by atoms with Crippen LogP contribution in [0.5, 0.6) is 5.75 Å². The number of aliphatic hydroxyl groups excluding tert-OH is 1. The fourth-order valence-electron chi connectivity index (χ4n) is 1.12. The molecule has 6 nitrogen and oxygen atoms in total. The Kier molecular flexibility index (Phi) is 3.30. The van der Waals surface area contributed by atoms with Crippen molar-refractivity contribution in [1.29, 1.82) is 0 Å². The molecule has 1 heterocycles. The number of ether oxygens (including phenoxy) is 1. The van der Waals surface area contributed by atoms with Crippen LogP contribution in [0.3, 0.4) is 0 Å². The third kappa shape index (κ3) is 2.35. The van der Waals surface area contributed by atoms with Gasteiger partial charge in [-0.1, -0.05) is 0 Å². The lowest BCUT2D eigenvalue weighted by Gasteiger charge is -2.21. The quantitative estimate of drug-likeness (QED) is 0.812. The molecule has 0 amide bonds. The average molecular weight is 248 g/mol. The third-order valence-electron chi connectivity index (χ3n) is 2.23. The van der Waals surface area contributed by atoms with Gasteiger partial charge in [0, 0.05) is 6.26 Å². The number of hydrogen-bond acceptors (Lipinski definition) is 5. The van der Waals surface area contributed by atoms with Gasteiger partial charge in [-0.25, -0.2) is 8.42 Å². The van der Waals surface area contributed by atoms with Crippen molar-refractivity contribution in [2.24, 2.45) is 0 Å². The van der Waals surface area contributed by atoms with Crippen molar-refractivity contribution in [3.05, 3.63) is 6.20 Å². The normalized spacial score (nSPS) is 12.8. The molecule has 1 rings (SSSR count). The van der Waals surface area contributed by atoms with Crippen molar-refractivity contribution in [3.63, 3.8) is 0 Å². The van der Waals surface area contributed by atoms with E-state index >= 15 is 0 Å². The van der Waals surface area contributed by atoms with Gasteiger partial charge in [-0.2, -0.15) is 5.10 Å². The predicted molar refractivity (Wildman–Crippen MR) is 58.3 cm³/mol. The SMILES string of the molecule is COc1cn(C(C)(C)CO)nc1S(C)(=O)=O. The fraction of sp³-hybridized carbons (Fsp3) is 0.667. The Bertz CT molecular complexity index is 476. The van der Waals surface area contributed by atoms with Gasteiger partial charge in [0.15, 0.2) is 15.6 Å². The van der Waals surface area contributed by atoms with E-state index in [0.717, 1.165) is 6.26 Å². The van der Waals surface area contributed by atoms with Crippen LogP contribution in [0.2, 0.25) is 0 Å². The molecule has 0 unspecified atom stereocenters. The predicted octanol–water partition coefficient (Wildman–Crippen LogP) is 0.0226. The Morgan fingerprint density at radius 1 is 1.56 bits per heavy atom. The molecule has 0 aliphatic carbocycles. The lowest BCUT2D eigenvalue weighted by Crippen LogP contribution is -2.31. The summed E-state index contributed by atoms with van der Waals surface area (Å²) < 4.78 is 29.2. The van der Waals surface area contributed by atoms with E-state index in [1.54, 1.807) is 13.8 Å². The largest absolute Gasteiger partial charge is 0.492 e. The Morgan fingerprint density at radius 3 is 2.44 bits per heavy atom. The highest BCUT2D eigenvalue weighted by atomic mass is 32.2. The van der Waals surface area contributed by atoms with Crippen LogP contribution in [0.4, 0.5) is 0 Å². The minimum Gasteiger partial charge on any atom is -0.492 e. The molecule has 0 aliphatic rings. The minimum absolute atomic E-state index is 0.114. The van der Waals surface area contributed by atoms with Crippen molar-refractivity contribution in [2.45, 2.75) is 24.4 Å². The van der Waals surface area contributed by atoms with Crippen molar-refractivity contribution < 1.29 is 18.3 Å². The van der Waals surface area contributed by atoms with E-state index in [1.807, 2.05) is 0 Å². The first-order chi connectivity index (χ1) is 7.22. The number of hydrogen-bond donors (Lipinski definition) is 1. The first kappa shape index (κ1) is 13.0. The zero-order valence-corrected chi connectivity index (χ0v) is 10.6. The smallest absolute Gasteiger partial charge is 0.218 e. The van der Waals surface area contributed by atoms with Gasteiger partial charge < -0.3 is 9.84 Å². The summed E-state index contributed by atoms with van der Waals surface area (Å²) in [5.74, 6) is 0.184. The number of nitrogens with zero attached hydrogens (tertiary/aromatic N) is 2. The van der Waals surface area contributed by atoms with E-state index in [-0.39, 0.29) is 17.4 Å². The summed E-state index contributed by atoms with van der Waals surface area (Å²) in [4.78, 5) is 0. The summed E-state index contributed by atoms with van der Waals surface area (Å²) in [6.07, 6.45) is 2.53. The minimum atomic E-state index is -3.43. The summed E-state index contributed by atoms with van der Waals surface area (Å²) in [7, 11) is -2.05. The molecular weight excluding hydrogens is 232 g/mol. The second kappa shape index (κ2) is 4.06. The van der Waals surface area contributed by atoms with Crippen molar-refractivity contribution >= 4 is 9.84 Å². The van der Waals surface area contributed by atoms with Gasteiger partial charge in [-0.05, 0) is 13.8 Å². The van der Waals surface area contributed by atoms with E-state index in [4.69, 9.17) is 4.74 Å². The number of sulfone groups is 1. The summed E-state index contributed by atoms with van der Waals surface area (Å²) in [5, 5.41) is 13.0. The zero-order chi connectivity index (χ0) is 12.6. The van der Waals surface area contributed by atoms with Crippen LogP contribution in [-0.2, 0) is 15.4 Å². The topological polar surface area (TPSA) is 81.4 Å². The van der Waals surface area contributed by atoms with Crippen molar-refractivity contribution in [3.8, 4) is 5.75 Å². The molecule has 1 N–H and O–H groups in total. The molecule has 0 bridgehead atoms. The first-order valence-electron chi connectivity index (χ1n) is 4.67. The standard InChI is InChI=1S/C9H16N2O4S/c1-9(2,6-12)11-5-7(15-3)8(10-11)16(4,13)14/h5,12H,6H2,1-4H3. The Morgan fingerprint density at radius 2 is 2.12 bits per heavy atom. The van der Waals surface area contributed by atoms with Crippen LogP contribution in [0, 0.1) is 0 Å². The highest BCUT2D eigenvalue weighted by Gasteiger charge is 2.26. The van der Waals surface area contributed by atoms with Gasteiger partial charge in [0.2, 0.25) is 5.03 Å². The van der Waals surface area contributed by atoms with Gasteiger partial charge in [0.1, 0.15) is 0 Å². The monoisotopic (exact) mass is 248 g/mol. The first-order valence-corrected chi connectivity index (χ1v) is 6.56. The summed E-state index contributed by atoms with van der Waals surface area (Å²) in [6, 6.07) is 0. The van der Waals surface area contributed by atoms with E-state index in [1.165, 1.54) is 18.0 Å². The molecular formula is C9H16N2O4S. The molecule has 7 heteroatoms. The molecule has 0 saturated heterocycles. The van der Waals surface area contributed by atoms with E-state index < -0.39 is 15.4 Å². The number of rotatable bonds is 4. The van der Waals surface area contributed by atoms with Gasteiger partial charge >= 0.3 is 0 Å². The Balaban J connectivity index is 3.35. The van der Waals surface area contributed by atoms with Gasteiger partial charge in [0.25, 0.3) is 0 Å². The molecule has 0 radical (unpaired) electrons. The number of aliphatic hydroxyl groups is 1. The highest BCUT2D eigenvalue weighted by molar-refractivity contribution is 7.90. The van der Waals surface area contributed by atoms with Gasteiger partial charge in [-0.15, -0.1) is 0 Å². The molecule has 0 saturated carbocycles. The van der Waals surface area contributed by atoms with Crippen LogP contribution >= 0.6 is 0 Å². The molecule has 0 atom stereocenters. The average Bonchev–Trinajstić information content (AvgIpc) is 2.61. The van der Waals surface area contributed by atoms with Crippen LogP contribution in [0.1, 0.15) is 13.8 Å². The maximum Gasteiger partial charge on any atom is 0.218 e. The molecule has 0 aliphatic heterocycles. The number of methoxy groups -OCH3 is 1. The molecule has 1 aromatic heterocycles. The Hall–Kier alpha value is -1.08. The van der Waals surface area contributed by atoms with E-state index in [2.05, 4.69) is 5.10 Å². The van der Waals surface area contributed by atoms with Crippen LogP contribution in [-0.4, -0.2) is 43.3 Å².